The van der Waals surface area contributed by atoms with Crippen molar-refractivity contribution >= 4 is 10.8 Å². The van der Waals surface area contributed by atoms with Crippen LogP contribution in [0.1, 0.15) is 30.0 Å². The van der Waals surface area contributed by atoms with Crippen LogP contribution in [0.4, 0.5) is 0 Å². The Kier molecular flexibility index (Phi) is 5.50. The van der Waals surface area contributed by atoms with E-state index in [4.69, 9.17) is 4.74 Å². The summed E-state index contributed by atoms with van der Waals surface area (Å²) in [6.07, 6.45) is 1.02. The number of nitrogens with one attached hydrogen (secondary N) is 1. The van der Waals surface area contributed by atoms with E-state index < -0.39 is 0 Å². The molecule has 2 nitrogen and oxygen atoms in total. The molecule has 2 heteroatoms. The molecule has 124 valence electrons. The van der Waals surface area contributed by atoms with Gasteiger partial charge in [-0.3, -0.25) is 0 Å². The Balaban J connectivity index is 1.79. The van der Waals surface area contributed by atoms with Crippen molar-refractivity contribution in [3.8, 4) is 5.75 Å². The molecule has 0 aliphatic carbocycles. The Hall–Kier alpha value is -2.32. The average Bonchev–Trinajstić information content (AvgIpc) is 2.62. The van der Waals surface area contributed by atoms with Crippen LogP contribution in [0, 0.1) is 6.92 Å². The molecule has 3 aromatic rings. The predicted octanol–water partition coefficient (Wildman–Crippen LogP) is 5.23. The van der Waals surface area contributed by atoms with E-state index in [2.05, 4.69) is 79.8 Å². The number of fused-ring (bicyclic) bond motifs is 1. The highest BCUT2D eigenvalue weighted by atomic mass is 16.5. The molecule has 0 atom stereocenters. The Morgan fingerprint density at radius 1 is 0.875 bits per heavy atom. The molecule has 0 aliphatic rings. The Morgan fingerprint density at radius 3 is 2.46 bits per heavy atom. The summed E-state index contributed by atoms with van der Waals surface area (Å²) in [5.74, 6) is 0.993. The molecule has 0 heterocycles. The summed E-state index contributed by atoms with van der Waals surface area (Å²) in [5, 5.41) is 6.09. The van der Waals surface area contributed by atoms with Crippen molar-refractivity contribution in [1.82, 2.24) is 5.32 Å². The minimum atomic E-state index is 0.753. The van der Waals surface area contributed by atoms with Crippen LogP contribution in [0.15, 0.2) is 60.7 Å². The standard InChI is InChI=1S/C22H25NO/c1-3-14-24-22-13-12-19-6-4-5-7-20(19)21(22)16-23-15-18-10-8-17(2)9-11-18/h4-13,23H,3,14-16H2,1-2H3. The zero-order valence-corrected chi connectivity index (χ0v) is 14.5. The van der Waals surface area contributed by atoms with Crippen molar-refractivity contribution in [1.29, 1.82) is 0 Å². The zero-order chi connectivity index (χ0) is 16.8. The van der Waals surface area contributed by atoms with Gasteiger partial charge >= 0.3 is 0 Å². The fourth-order valence-corrected chi connectivity index (χ4v) is 2.88. The first-order valence-electron chi connectivity index (χ1n) is 8.67. The molecule has 0 radical (unpaired) electrons. The highest BCUT2D eigenvalue weighted by molar-refractivity contribution is 5.87. The zero-order valence-electron chi connectivity index (χ0n) is 14.5. The lowest BCUT2D eigenvalue weighted by molar-refractivity contribution is 0.314. The number of hydrogen-bond donors (Lipinski definition) is 1. The number of ether oxygens (including phenoxy) is 1. The van der Waals surface area contributed by atoms with Crippen molar-refractivity contribution < 1.29 is 4.74 Å². The van der Waals surface area contributed by atoms with E-state index in [1.165, 1.54) is 27.5 Å². The topological polar surface area (TPSA) is 21.3 Å². The molecule has 1 N–H and O–H groups in total. The summed E-state index contributed by atoms with van der Waals surface area (Å²) in [4.78, 5) is 0. The third-order valence-electron chi connectivity index (χ3n) is 4.21. The average molecular weight is 319 g/mol. The molecule has 0 fully saturated rings. The summed E-state index contributed by atoms with van der Waals surface area (Å²) in [6.45, 7) is 6.66. The van der Waals surface area contributed by atoms with Crippen LogP contribution < -0.4 is 10.1 Å². The smallest absolute Gasteiger partial charge is 0.124 e. The Bertz CT molecular complexity index is 793. The predicted molar refractivity (Wildman–Crippen MR) is 101 cm³/mol. The van der Waals surface area contributed by atoms with Crippen molar-refractivity contribution in [3.63, 3.8) is 0 Å². The lowest BCUT2D eigenvalue weighted by Crippen LogP contribution is -2.14. The molecule has 0 aromatic heterocycles. The van der Waals surface area contributed by atoms with E-state index in [9.17, 15) is 0 Å². The molecule has 0 aliphatic heterocycles. The third-order valence-corrected chi connectivity index (χ3v) is 4.21. The largest absolute Gasteiger partial charge is 0.493 e. The van der Waals surface area contributed by atoms with Crippen LogP contribution in [0.25, 0.3) is 10.8 Å². The normalized spacial score (nSPS) is 10.9. The van der Waals surface area contributed by atoms with Gasteiger partial charge in [-0.05, 0) is 35.7 Å². The van der Waals surface area contributed by atoms with Gasteiger partial charge in [0, 0.05) is 18.7 Å². The number of rotatable bonds is 7. The van der Waals surface area contributed by atoms with E-state index >= 15 is 0 Å². The van der Waals surface area contributed by atoms with Gasteiger partial charge in [-0.25, -0.2) is 0 Å². The van der Waals surface area contributed by atoms with E-state index in [1.54, 1.807) is 0 Å². The maximum atomic E-state index is 5.97. The molecule has 0 saturated carbocycles. The van der Waals surface area contributed by atoms with Gasteiger partial charge in [0.2, 0.25) is 0 Å². The minimum Gasteiger partial charge on any atom is -0.493 e. The first-order chi connectivity index (χ1) is 11.8. The molecule has 0 amide bonds. The van der Waals surface area contributed by atoms with Crippen LogP contribution in [0.2, 0.25) is 0 Å². The van der Waals surface area contributed by atoms with Crippen LogP contribution in [-0.4, -0.2) is 6.61 Å². The first kappa shape index (κ1) is 16.5. The number of aryl methyl sites for hydroxylation is 1. The SMILES string of the molecule is CCCOc1ccc2ccccc2c1CNCc1ccc(C)cc1. The Morgan fingerprint density at radius 2 is 1.67 bits per heavy atom. The van der Waals surface area contributed by atoms with Crippen molar-refractivity contribution in [3.05, 3.63) is 77.4 Å². The molecular formula is C22H25NO. The lowest BCUT2D eigenvalue weighted by atomic mass is 10.0. The van der Waals surface area contributed by atoms with E-state index in [0.29, 0.717) is 0 Å². The maximum Gasteiger partial charge on any atom is 0.124 e. The van der Waals surface area contributed by atoms with Crippen LogP contribution >= 0.6 is 0 Å². The Labute approximate surface area is 144 Å². The van der Waals surface area contributed by atoms with Gasteiger partial charge in [0.05, 0.1) is 6.61 Å². The molecule has 3 rings (SSSR count). The monoisotopic (exact) mass is 319 g/mol. The summed E-state index contributed by atoms with van der Waals surface area (Å²) >= 11 is 0. The van der Waals surface area contributed by atoms with Crippen LogP contribution in [0.5, 0.6) is 5.75 Å². The molecule has 3 aromatic carbocycles. The summed E-state index contributed by atoms with van der Waals surface area (Å²) < 4.78 is 5.97. The number of benzene rings is 3. The second-order valence-electron chi connectivity index (χ2n) is 6.20. The van der Waals surface area contributed by atoms with Gasteiger partial charge in [-0.15, -0.1) is 0 Å². The minimum absolute atomic E-state index is 0.753. The van der Waals surface area contributed by atoms with Crippen LogP contribution in [-0.2, 0) is 13.1 Å². The number of hydrogen-bond acceptors (Lipinski definition) is 2. The highest BCUT2D eigenvalue weighted by Gasteiger charge is 2.08. The third kappa shape index (κ3) is 3.95. The summed E-state index contributed by atoms with van der Waals surface area (Å²) in [5.41, 5.74) is 3.84. The molecule has 0 spiro atoms. The highest BCUT2D eigenvalue weighted by Crippen LogP contribution is 2.28. The summed E-state index contributed by atoms with van der Waals surface area (Å²) in [7, 11) is 0. The molecule has 24 heavy (non-hydrogen) atoms. The van der Waals surface area contributed by atoms with Crippen molar-refractivity contribution in [2.24, 2.45) is 0 Å². The van der Waals surface area contributed by atoms with Gasteiger partial charge < -0.3 is 10.1 Å². The van der Waals surface area contributed by atoms with Gasteiger partial charge in [0.15, 0.2) is 0 Å². The van der Waals surface area contributed by atoms with Gasteiger partial charge in [-0.1, -0.05) is 67.1 Å². The maximum absolute atomic E-state index is 5.97. The second kappa shape index (κ2) is 7.98. The molecule has 0 saturated heterocycles. The molecule has 0 unspecified atom stereocenters. The quantitative estimate of drug-likeness (QED) is 0.644. The second-order valence-corrected chi connectivity index (χ2v) is 6.20. The first-order valence-corrected chi connectivity index (χ1v) is 8.67. The summed E-state index contributed by atoms with van der Waals surface area (Å²) in [6, 6.07) is 21.4. The van der Waals surface area contributed by atoms with E-state index in [0.717, 1.165) is 31.9 Å². The van der Waals surface area contributed by atoms with Gasteiger partial charge in [-0.2, -0.15) is 0 Å². The van der Waals surface area contributed by atoms with Gasteiger partial charge in [0.1, 0.15) is 5.75 Å². The fraction of sp³-hybridized carbons (Fsp3) is 0.273. The van der Waals surface area contributed by atoms with Crippen molar-refractivity contribution in [2.45, 2.75) is 33.4 Å². The van der Waals surface area contributed by atoms with E-state index in [-0.39, 0.29) is 0 Å². The fourth-order valence-electron chi connectivity index (χ4n) is 2.88. The molecular weight excluding hydrogens is 294 g/mol. The van der Waals surface area contributed by atoms with E-state index in [1.807, 2.05) is 0 Å². The van der Waals surface area contributed by atoms with Crippen LogP contribution in [0.3, 0.4) is 0 Å². The van der Waals surface area contributed by atoms with Crippen molar-refractivity contribution in [2.75, 3.05) is 6.61 Å². The van der Waals surface area contributed by atoms with Gasteiger partial charge in [0.25, 0.3) is 0 Å². The molecule has 0 bridgehead atoms. The lowest BCUT2D eigenvalue weighted by Gasteiger charge is -2.15.